The normalized spacial score (nSPS) is 21.5. The van der Waals surface area contributed by atoms with Crippen LogP contribution in [0.1, 0.15) is 30.7 Å². The lowest BCUT2D eigenvalue weighted by atomic mass is 9.90. The number of likely N-dealkylation sites (tertiary alicyclic amines) is 1. The summed E-state index contributed by atoms with van der Waals surface area (Å²) in [7, 11) is 0. The third kappa shape index (κ3) is 2.97. The molecular weight excluding hydrogens is 340 g/mol. The Morgan fingerprint density at radius 1 is 1.44 bits per heavy atom. The number of piperidine rings is 1. The molecule has 2 aromatic rings. The van der Waals surface area contributed by atoms with Gasteiger partial charge in [0.05, 0.1) is 18.0 Å². The average Bonchev–Trinajstić information content (AvgIpc) is 2.94. The number of carboxylic acid groups (broad SMARTS) is 1. The van der Waals surface area contributed by atoms with E-state index in [1.165, 1.54) is 0 Å². The first-order valence-electron chi connectivity index (χ1n) is 8.48. The minimum absolute atomic E-state index is 0.0376. The number of carboxylic acids is 1. The van der Waals surface area contributed by atoms with Gasteiger partial charge in [-0.25, -0.2) is 4.98 Å². The van der Waals surface area contributed by atoms with Gasteiger partial charge in [0, 0.05) is 24.0 Å². The van der Waals surface area contributed by atoms with Gasteiger partial charge in [-0.3, -0.25) is 9.59 Å². The predicted octanol–water partition coefficient (Wildman–Crippen LogP) is 2.97. The van der Waals surface area contributed by atoms with Gasteiger partial charge in [-0.2, -0.15) is 11.3 Å². The molecule has 1 unspecified atom stereocenters. The largest absolute Gasteiger partial charge is 0.481 e. The monoisotopic (exact) mass is 360 g/mol. The van der Waals surface area contributed by atoms with Crippen molar-refractivity contribution < 1.29 is 19.1 Å². The van der Waals surface area contributed by atoms with Crippen LogP contribution >= 0.6 is 11.3 Å². The highest BCUT2D eigenvalue weighted by atomic mass is 32.1. The second-order valence-electron chi connectivity index (χ2n) is 7.05. The summed E-state index contributed by atoms with van der Waals surface area (Å²) in [5.41, 5.74) is 1.56. The summed E-state index contributed by atoms with van der Waals surface area (Å²) in [6.45, 7) is 3.10. The number of thiophene rings is 1. The van der Waals surface area contributed by atoms with Gasteiger partial charge in [0.2, 0.25) is 11.8 Å². The number of amides is 1. The molecule has 0 radical (unpaired) electrons. The maximum atomic E-state index is 12.6. The Kier molecular flexibility index (Phi) is 3.91. The first-order valence-corrected chi connectivity index (χ1v) is 9.42. The van der Waals surface area contributed by atoms with Crippen LogP contribution in [0.3, 0.4) is 0 Å². The van der Waals surface area contributed by atoms with Crippen molar-refractivity contribution in [2.24, 2.45) is 11.3 Å². The first kappa shape index (κ1) is 16.3. The van der Waals surface area contributed by atoms with Gasteiger partial charge in [0.25, 0.3) is 0 Å². The highest BCUT2D eigenvalue weighted by molar-refractivity contribution is 7.08. The molecule has 7 heteroatoms. The molecule has 6 nitrogen and oxygen atoms in total. The average molecular weight is 360 g/mol. The van der Waals surface area contributed by atoms with Gasteiger partial charge < -0.3 is 14.4 Å². The number of hydrogen-bond acceptors (Lipinski definition) is 5. The summed E-state index contributed by atoms with van der Waals surface area (Å²) >= 11 is 1.58. The molecule has 1 spiro atoms. The molecule has 0 aromatic carbocycles. The quantitative estimate of drug-likeness (QED) is 0.906. The van der Waals surface area contributed by atoms with Crippen LogP contribution in [0.25, 0.3) is 11.5 Å². The number of carbonyl (C=O) groups excluding carboxylic acids is 1. The Bertz CT molecular complexity index is 803. The van der Waals surface area contributed by atoms with Crippen molar-refractivity contribution in [3.05, 3.63) is 28.3 Å². The maximum absolute atomic E-state index is 12.6. The van der Waals surface area contributed by atoms with E-state index >= 15 is 0 Å². The van der Waals surface area contributed by atoms with Crippen molar-refractivity contribution in [3.8, 4) is 11.5 Å². The number of aromatic nitrogens is 1. The summed E-state index contributed by atoms with van der Waals surface area (Å²) in [6, 6.07) is 1.94. The van der Waals surface area contributed by atoms with Gasteiger partial charge in [-0.05, 0) is 43.0 Å². The molecule has 0 bridgehead atoms. The number of aryl methyl sites for hydroxylation is 1. The molecule has 25 heavy (non-hydrogen) atoms. The number of aliphatic carboxylic acids is 1. The van der Waals surface area contributed by atoms with E-state index in [-0.39, 0.29) is 23.7 Å². The fraction of sp³-hybridized carbons (Fsp3) is 0.500. The van der Waals surface area contributed by atoms with Crippen molar-refractivity contribution in [3.63, 3.8) is 0 Å². The molecule has 4 rings (SSSR count). The molecule has 1 atom stereocenters. The molecule has 1 saturated carbocycles. The Balaban J connectivity index is 1.38. The Hall–Kier alpha value is -2.15. The van der Waals surface area contributed by atoms with Gasteiger partial charge in [-0.1, -0.05) is 0 Å². The molecular formula is C18H20N2O4S. The zero-order chi connectivity index (χ0) is 17.6. The smallest absolute Gasteiger partial charge is 0.307 e. The minimum atomic E-state index is -0.695. The number of rotatable bonds is 4. The predicted molar refractivity (Wildman–Crippen MR) is 92.2 cm³/mol. The van der Waals surface area contributed by atoms with Crippen molar-refractivity contribution >= 4 is 23.2 Å². The van der Waals surface area contributed by atoms with Crippen LogP contribution in [0.2, 0.25) is 0 Å². The lowest BCUT2D eigenvalue weighted by Gasteiger charge is -2.32. The highest BCUT2D eigenvalue weighted by Gasteiger charge is 2.59. The standard InChI is InChI=1S/C18H20N2O4S/c1-11-14(19-16(24-11)12-2-7-25-10-12)8-15(21)20-5-3-18(4-6-20)9-13(18)17(22)23/h2,7,10,13H,3-6,8-9H2,1H3,(H,22,23). The fourth-order valence-corrected chi connectivity index (χ4v) is 4.44. The second kappa shape index (κ2) is 5.98. The maximum Gasteiger partial charge on any atom is 0.307 e. The van der Waals surface area contributed by atoms with Gasteiger partial charge in [0.15, 0.2) is 0 Å². The lowest BCUT2D eigenvalue weighted by molar-refractivity contribution is -0.139. The van der Waals surface area contributed by atoms with E-state index in [0.717, 1.165) is 24.8 Å². The molecule has 1 N–H and O–H groups in total. The van der Waals surface area contributed by atoms with Crippen LogP contribution in [-0.4, -0.2) is 40.0 Å². The van der Waals surface area contributed by atoms with Crippen molar-refractivity contribution in [1.29, 1.82) is 0 Å². The summed E-state index contributed by atoms with van der Waals surface area (Å²) in [5.74, 6) is 0.364. The molecule has 1 amide bonds. The Morgan fingerprint density at radius 2 is 2.20 bits per heavy atom. The van der Waals surface area contributed by atoms with E-state index in [1.807, 2.05) is 28.7 Å². The minimum Gasteiger partial charge on any atom is -0.481 e. The third-order valence-electron chi connectivity index (χ3n) is 5.58. The number of hydrogen-bond donors (Lipinski definition) is 1. The van der Waals surface area contributed by atoms with Crippen LogP contribution in [0.4, 0.5) is 0 Å². The molecule has 132 valence electrons. The second-order valence-corrected chi connectivity index (χ2v) is 7.83. The van der Waals surface area contributed by atoms with E-state index in [2.05, 4.69) is 4.98 Å². The molecule has 2 aromatic heterocycles. The third-order valence-corrected chi connectivity index (χ3v) is 6.26. The van der Waals surface area contributed by atoms with Gasteiger partial charge in [0.1, 0.15) is 5.76 Å². The van der Waals surface area contributed by atoms with Crippen molar-refractivity contribution in [1.82, 2.24) is 9.88 Å². The van der Waals surface area contributed by atoms with Gasteiger partial charge in [-0.15, -0.1) is 0 Å². The molecule has 3 heterocycles. The van der Waals surface area contributed by atoms with Crippen molar-refractivity contribution in [2.75, 3.05) is 13.1 Å². The number of nitrogens with zero attached hydrogens (tertiary/aromatic N) is 2. The van der Waals surface area contributed by atoms with Gasteiger partial charge >= 0.3 is 5.97 Å². The summed E-state index contributed by atoms with van der Waals surface area (Å²) in [4.78, 5) is 30.0. The van der Waals surface area contributed by atoms with E-state index < -0.39 is 5.97 Å². The Morgan fingerprint density at radius 3 is 2.80 bits per heavy atom. The van der Waals surface area contributed by atoms with E-state index in [9.17, 15) is 9.59 Å². The highest BCUT2D eigenvalue weighted by Crippen LogP contribution is 2.59. The zero-order valence-electron chi connectivity index (χ0n) is 14.0. The zero-order valence-corrected chi connectivity index (χ0v) is 14.8. The van der Waals surface area contributed by atoms with Crippen LogP contribution in [0, 0.1) is 18.3 Å². The van der Waals surface area contributed by atoms with E-state index in [1.54, 1.807) is 11.3 Å². The molecule has 2 aliphatic rings. The van der Waals surface area contributed by atoms with Crippen LogP contribution in [-0.2, 0) is 16.0 Å². The first-order chi connectivity index (χ1) is 12.0. The summed E-state index contributed by atoms with van der Waals surface area (Å²) < 4.78 is 5.69. The summed E-state index contributed by atoms with van der Waals surface area (Å²) in [5, 5.41) is 13.1. The summed E-state index contributed by atoms with van der Waals surface area (Å²) in [6.07, 6.45) is 2.56. The number of carbonyl (C=O) groups is 2. The SMILES string of the molecule is Cc1oc(-c2ccsc2)nc1CC(=O)N1CCC2(CC1)CC2C(=O)O. The topological polar surface area (TPSA) is 83.6 Å². The lowest BCUT2D eigenvalue weighted by Crippen LogP contribution is -2.40. The van der Waals surface area contributed by atoms with Crippen LogP contribution in [0.15, 0.2) is 21.2 Å². The van der Waals surface area contributed by atoms with E-state index in [4.69, 9.17) is 9.52 Å². The molecule has 1 aliphatic heterocycles. The number of oxazole rings is 1. The van der Waals surface area contributed by atoms with Crippen LogP contribution < -0.4 is 0 Å². The van der Waals surface area contributed by atoms with Crippen LogP contribution in [0.5, 0.6) is 0 Å². The van der Waals surface area contributed by atoms with E-state index in [0.29, 0.717) is 30.4 Å². The Labute approximate surface area is 149 Å². The molecule has 1 aliphatic carbocycles. The molecule has 1 saturated heterocycles. The van der Waals surface area contributed by atoms with Crippen molar-refractivity contribution in [2.45, 2.75) is 32.6 Å². The fourth-order valence-electron chi connectivity index (χ4n) is 3.81. The molecule has 2 fully saturated rings.